The molecule has 7 nitrogen and oxygen atoms in total. The molecule has 1 aliphatic rings. The number of hydrogen-bond acceptors (Lipinski definition) is 5. The summed E-state index contributed by atoms with van der Waals surface area (Å²) in [4.78, 5) is 23.3. The van der Waals surface area contributed by atoms with Crippen LogP contribution in [-0.4, -0.2) is 58.9 Å². The highest BCUT2D eigenvalue weighted by atomic mass is 19.1. The van der Waals surface area contributed by atoms with Crippen LogP contribution >= 0.6 is 0 Å². The maximum absolute atomic E-state index is 14.5. The van der Waals surface area contributed by atoms with Crippen LogP contribution in [0.15, 0.2) is 18.2 Å². The Bertz CT molecular complexity index is 882. The molecule has 1 aromatic carbocycles. The molecule has 0 spiro atoms. The Morgan fingerprint density at radius 2 is 2.22 bits per heavy atom. The number of hydrogen-bond donors (Lipinski definition) is 1. The van der Waals surface area contributed by atoms with Gasteiger partial charge in [0.15, 0.2) is 0 Å². The van der Waals surface area contributed by atoms with E-state index < -0.39 is 23.9 Å². The van der Waals surface area contributed by atoms with Gasteiger partial charge in [-0.3, -0.25) is 0 Å². The van der Waals surface area contributed by atoms with Crippen LogP contribution in [0.3, 0.4) is 0 Å². The second-order valence-electron chi connectivity index (χ2n) is 7.81. The fourth-order valence-corrected chi connectivity index (χ4v) is 3.15. The minimum Gasteiger partial charge on any atom is -0.444 e. The van der Waals surface area contributed by atoms with Crippen LogP contribution in [0.25, 0.3) is 11.0 Å². The van der Waals surface area contributed by atoms with E-state index in [9.17, 15) is 9.18 Å². The summed E-state index contributed by atoms with van der Waals surface area (Å²) >= 11 is 0. The SMILES string of the molecule is CN(C(=O)OC(C)(C)C)[C@@H]1CN(c2nc3ccc(C#N)cc3[nH]2)CC[C@H]1F. The molecular weight excluding hydrogens is 349 g/mol. The fourth-order valence-electron chi connectivity index (χ4n) is 3.15. The first kappa shape index (κ1) is 19.0. The second-order valence-corrected chi connectivity index (χ2v) is 7.81. The first-order chi connectivity index (χ1) is 12.7. The smallest absolute Gasteiger partial charge is 0.410 e. The number of nitrogens with one attached hydrogen (secondary N) is 1. The highest BCUT2D eigenvalue weighted by molar-refractivity contribution is 5.79. The molecule has 2 heterocycles. The van der Waals surface area contributed by atoms with Gasteiger partial charge in [0.2, 0.25) is 5.95 Å². The standard InChI is InChI=1S/C19H24FN5O2/c1-19(2,3)27-18(26)24(4)16-11-25(8-7-13(16)20)17-22-14-6-5-12(10-21)9-15(14)23-17/h5-6,9,13,16H,7-8,11H2,1-4H3,(H,22,23)/t13-,16-/m1/s1. The Hall–Kier alpha value is -2.82. The van der Waals surface area contributed by atoms with Crippen molar-refractivity contribution in [3.63, 3.8) is 0 Å². The maximum atomic E-state index is 14.5. The summed E-state index contributed by atoms with van der Waals surface area (Å²) in [6.45, 7) is 6.14. The van der Waals surface area contributed by atoms with Gasteiger partial charge in [-0.2, -0.15) is 5.26 Å². The number of fused-ring (bicyclic) bond motifs is 1. The molecule has 1 aromatic heterocycles. The normalized spacial score (nSPS) is 20.4. The van der Waals surface area contributed by atoms with Crippen LogP contribution in [0.5, 0.6) is 0 Å². The zero-order valence-corrected chi connectivity index (χ0v) is 16.0. The number of benzene rings is 1. The van der Waals surface area contributed by atoms with E-state index in [2.05, 4.69) is 16.0 Å². The van der Waals surface area contributed by atoms with E-state index >= 15 is 0 Å². The summed E-state index contributed by atoms with van der Waals surface area (Å²) in [6, 6.07) is 6.69. The molecule has 0 radical (unpaired) electrons. The quantitative estimate of drug-likeness (QED) is 0.874. The summed E-state index contributed by atoms with van der Waals surface area (Å²) in [5.41, 5.74) is 1.40. The van der Waals surface area contributed by atoms with Crippen molar-refractivity contribution in [1.29, 1.82) is 5.26 Å². The number of rotatable bonds is 2. The molecule has 1 fully saturated rings. The Balaban J connectivity index is 1.78. The molecule has 0 bridgehead atoms. The molecule has 2 aromatic rings. The first-order valence-electron chi connectivity index (χ1n) is 8.92. The second kappa shape index (κ2) is 7.06. The largest absolute Gasteiger partial charge is 0.444 e. The number of piperidine rings is 1. The average Bonchev–Trinajstić information content (AvgIpc) is 3.03. The van der Waals surface area contributed by atoms with Gasteiger partial charge in [0.25, 0.3) is 0 Å². The number of likely N-dealkylation sites (N-methyl/N-ethyl adjacent to an activating group) is 1. The number of ether oxygens (including phenoxy) is 1. The number of carbonyl (C=O) groups is 1. The predicted molar refractivity (Wildman–Crippen MR) is 100 cm³/mol. The fraction of sp³-hybridized carbons (Fsp3) is 0.526. The van der Waals surface area contributed by atoms with Gasteiger partial charge >= 0.3 is 6.09 Å². The zero-order valence-electron chi connectivity index (χ0n) is 16.0. The van der Waals surface area contributed by atoms with Crippen molar-refractivity contribution in [1.82, 2.24) is 14.9 Å². The molecule has 3 rings (SSSR count). The minimum atomic E-state index is -1.13. The molecule has 1 amide bonds. The summed E-state index contributed by atoms with van der Waals surface area (Å²) in [5.74, 6) is 0.606. The molecule has 1 saturated heterocycles. The van der Waals surface area contributed by atoms with Gasteiger partial charge in [-0.25, -0.2) is 14.2 Å². The molecule has 2 atom stereocenters. The molecule has 1 N–H and O–H groups in total. The van der Waals surface area contributed by atoms with Gasteiger partial charge in [-0.15, -0.1) is 0 Å². The average molecular weight is 373 g/mol. The van der Waals surface area contributed by atoms with Crippen LogP contribution in [0.1, 0.15) is 32.8 Å². The number of aromatic amines is 1. The van der Waals surface area contributed by atoms with Crippen LogP contribution in [0, 0.1) is 11.3 Å². The van der Waals surface area contributed by atoms with E-state index in [1.54, 1.807) is 46.0 Å². The molecule has 8 heteroatoms. The number of anilines is 1. The Morgan fingerprint density at radius 3 is 2.89 bits per heavy atom. The van der Waals surface area contributed by atoms with Gasteiger partial charge in [0.1, 0.15) is 11.8 Å². The third kappa shape index (κ3) is 4.13. The number of amides is 1. The van der Waals surface area contributed by atoms with E-state index in [4.69, 9.17) is 10.00 Å². The minimum absolute atomic E-state index is 0.290. The molecule has 27 heavy (non-hydrogen) atoms. The predicted octanol–water partition coefficient (Wildman–Crippen LogP) is 3.22. The number of nitrogens with zero attached hydrogens (tertiary/aromatic N) is 4. The van der Waals surface area contributed by atoms with Gasteiger partial charge in [-0.1, -0.05) is 0 Å². The topological polar surface area (TPSA) is 85.2 Å². The Morgan fingerprint density at radius 1 is 1.48 bits per heavy atom. The van der Waals surface area contributed by atoms with Crippen molar-refractivity contribution in [3.8, 4) is 6.07 Å². The lowest BCUT2D eigenvalue weighted by Crippen LogP contribution is -2.55. The van der Waals surface area contributed by atoms with Crippen LogP contribution in [0.4, 0.5) is 15.1 Å². The summed E-state index contributed by atoms with van der Waals surface area (Å²) < 4.78 is 19.9. The number of halogens is 1. The molecule has 0 unspecified atom stereocenters. The molecule has 144 valence electrons. The number of nitriles is 1. The lowest BCUT2D eigenvalue weighted by atomic mass is 10.0. The summed E-state index contributed by atoms with van der Waals surface area (Å²) in [7, 11) is 1.56. The van der Waals surface area contributed by atoms with Crippen molar-refractivity contribution in [2.45, 2.75) is 45.0 Å². The summed E-state index contributed by atoms with van der Waals surface area (Å²) in [6.07, 6.45) is -1.38. The third-order valence-corrected chi connectivity index (χ3v) is 4.58. The number of H-pyrrole nitrogens is 1. The number of alkyl halides is 1. The van der Waals surface area contributed by atoms with Crippen molar-refractivity contribution >= 4 is 23.1 Å². The van der Waals surface area contributed by atoms with E-state index in [1.807, 2.05) is 4.90 Å². The van der Waals surface area contributed by atoms with Crippen molar-refractivity contribution < 1.29 is 13.9 Å². The van der Waals surface area contributed by atoms with E-state index in [0.29, 0.717) is 24.6 Å². The van der Waals surface area contributed by atoms with Crippen LogP contribution < -0.4 is 4.90 Å². The van der Waals surface area contributed by atoms with Gasteiger partial charge < -0.3 is 19.5 Å². The van der Waals surface area contributed by atoms with Gasteiger partial charge in [0.05, 0.1) is 28.7 Å². The highest BCUT2D eigenvalue weighted by Crippen LogP contribution is 2.25. The van der Waals surface area contributed by atoms with E-state index in [-0.39, 0.29) is 6.42 Å². The summed E-state index contributed by atoms with van der Waals surface area (Å²) in [5, 5.41) is 9.02. The first-order valence-corrected chi connectivity index (χ1v) is 8.92. The Labute approximate surface area is 157 Å². The molecule has 0 aliphatic carbocycles. The van der Waals surface area contributed by atoms with Crippen molar-refractivity contribution in [3.05, 3.63) is 23.8 Å². The molecule has 1 aliphatic heterocycles. The number of carbonyl (C=O) groups excluding carboxylic acids is 1. The lowest BCUT2D eigenvalue weighted by Gasteiger charge is -2.39. The lowest BCUT2D eigenvalue weighted by molar-refractivity contribution is 0.0114. The number of imidazole rings is 1. The van der Waals surface area contributed by atoms with Crippen molar-refractivity contribution in [2.24, 2.45) is 0 Å². The van der Waals surface area contributed by atoms with E-state index in [0.717, 1.165) is 11.0 Å². The third-order valence-electron chi connectivity index (χ3n) is 4.58. The molecular formula is C19H24FN5O2. The highest BCUT2D eigenvalue weighted by Gasteiger charge is 2.36. The monoisotopic (exact) mass is 373 g/mol. The molecule has 0 saturated carbocycles. The van der Waals surface area contributed by atoms with Crippen LogP contribution in [-0.2, 0) is 4.74 Å². The van der Waals surface area contributed by atoms with Gasteiger partial charge in [0, 0.05) is 20.1 Å². The van der Waals surface area contributed by atoms with E-state index in [1.165, 1.54) is 4.90 Å². The Kier molecular flexibility index (Phi) is 4.96. The maximum Gasteiger partial charge on any atom is 0.410 e. The van der Waals surface area contributed by atoms with Crippen molar-refractivity contribution in [2.75, 3.05) is 25.0 Å². The zero-order chi connectivity index (χ0) is 19.8. The van der Waals surface area contributed by atoms with Gasteiger partial charge in [-0.05, 0) is 45.4 Å². The van der Waals surface area contributed by atoms with Crippen LogP contribution in [0.2, 0.25) is 0 Å². The number of aromatic nitrogens is 2.